The number of benzene rings is 1. The molecule has 102 valence electrons. The smallest absolute Gasteiger partial charge is 0.131 e. The molecule has 1 N–H and O–H groups in total. The summed E-state index contributed by atoms with van der Waals surface area (Å²) in [6, 6.07) is 3.58. The van der Waals surface area contributed by atoms with E-state index in [1.807, 2.05) is 0 Å². The van der Waals surface area contributed by atoms with Gasteiger partial charge in [0.2, 0.25) is 0 Å². The van der Waals surface area contributed by atoms with Gasteiger partial charge in [-0.05, 0) is 31.4 Å². The zero-order chi connectivity index (χ0) is 12.1. The van der Waals surface area contributed by atoms with Gasteiger partial charge in [0.25, 0.3) is 0 Å². The Balaban J connectivity index is 0.00000162. The van der Waals surface area contributed by atoms with Crippen molar-refractivity contribution in [2.45, 2.75) is 19.4 Å². The van der Waals surface area contributed by atoms with Crippen LogP contribution in [-0.4, -0.2) is 19.7 Å². The van der Waals surface area contributed by atoms with Crippen LogP contribution in [0.15, 0.2) is 18.2 Å². The van der Waals surface area contributed by atoms with E-state index in [0.717, 1.165) is 25.6 Å². The number of piperidine rings is 1. The van der Waals surface area contributed by atoms with Crippen molar-refractivity contribution in [1.29, 1.82) is 0 Å². The Morgan fingerprint density at radius 3 is 2.83 bits per heavy atom. The first kappa shape index (κ1) is 15.3. The fraction of sp³-hybridized carbons (Fsp3) is 0.538. The van der Waals surface area contributed by atoms with Crippen LogP contribution in [0.2, 0.25) is 0 Å². The summed E-state index contributed by atoms with van der Waals surface area (Å²) in [6.07, 6.45) is 2.32. The highest BCUT2D eigenvalue weighted by molar-refractivity contribution is 5.85. The highest BCUT2D eigenvalue weighted by atomic mass is 35.5. The van der Waals surface area contributed by atoms with Gasteiger partial charge in [0.15, 0.2) is 0 Å². The van der Waals surface area contributed by atoms with E-state index < -0.39 is 11.6 Å². The van der Waals surface area contributed by atoms with Gasteiger partial charge in [0.05, 0.1) is 13.2 Å². The van der Waals surface area contributed by atoms with Gasteiger partial charge in [-0.2, -0.15) is 0 Å². The van der Waals surface area contributed by atoms with Gasteiger partial charge in [-0.25, -0.2) is 8.78 Å². The summed E-state index contributed by atoms with van der Waals surface area (Å²) >= 11 is 0. The van der Waals surface area contributed by atoms with Crippen LogP contribution in [0.25, 0.3) is 0 Å². The summed E-state index contributed by atoms with van der Waals surface area (Å²) < 4.78 is 31.4. The van der Waals surface area contributed by atoms with Crippen LogP contribution in [-0.2, 0) is 11.3 Å². The Morgan fingerprint density at radius 1 is 1.33 bits per heavy atom. The molecule has 0 aromatic heterocycles. The summed E-state index contributed by atoms with van der Waals surface area (Å²) in [6.45, 7) is 2.88. The van der Waals surface area contributed by atoms with Crippen LogP contribution < -0.4 is 5.32 Å². The molecule has 1 unspecified atom stereocenters. The fourth-order valence-electron chi connectivity index (χ4n) is 2.04. The lowest BCUT2D eigenvalue weighted by molar-refractivity contribution is 0.0765. The molecule has 2 rings (SSSR count). The van der Waals surface area contributed by atoms with Crippen molar-refractivity contribution in [3.63, 3.8) is 0 Å². The third kappa shape index (κ3) is 4.52. The Labute approximate surface area is 112 Å². The zero-order valence-electron chi connectivity index (χ0n) is 10.1. The van der Waals surface area contributed by atoms with Gasteiger partial charge in [0.1, 0.15) is 11.6 Å². The van der Waals surface area contributed by atoms with E-state index in [4.69, 9.17) is 4.74 Å². The van der Waals surface area contributed by atoms with Gasteiger partial charge in [-0.3, -0.25) is 0 Å². The van der Waals surface area contributed by atoms with E-state index >= 15 is 0 Å². The molecule has 0 saturated carbocycles. The average Bonchev–Trinajstić information content (AvgIpc) is 2.33. The quantitative estimate of drug-likeness (QED) is 0.914. The van der Waals surface area contributed by atoms with Crippen molar-refractivity contribution in [3.8, 4) is 0 Å². The van der Waals surface area contributed by atoms with Gasteiger partial charge >= 0.3 is 0 Å². The monoisotopic (exact) mass is 277 g/mol. The Hall–Kier alpha value is -0.710. The van der Waals surface area contributed by atoms with Crippen LogP contribution in [0.4, 0.5) is 8.78 Å². The van der Waals surface area contributed by atoms with E-state index in [9.17, 15) is 8.78 Å². The number of nitrogens with one attached hydrogen (secondary N) is 1. The lowest BCUT2D eigenvalue weighted by Crippen LogP contribution is -2.32. The molecule has 1 aliphatic heterocycles. The molecule has 0 aliphatic carbocycles. The first-order valence-electron chi connectivity index (χ1n) is 5.98. The van der Waals surface area contributed by atoms with Crippen LogP contribution in [0.5, 0.6) is 0 Å². The first-order chi connectivity index (χ1) is 8.25. The summed E-state index contributed by atoms with van der Waals surface area (Å²) in [5.74, 6) is -0.582. The Morgan fingerprint density at radius 2 is 2.17 bits per heavy atom. The second kappa shape index (κ2) is 7.67. The van der Waals surface area contributed by atoms with Crippen molar-refractivity contribution in [1.82, 2.24) is 5.32 Å². The highest BCUT2D eigenvalue weighted by Crippen LogP contribution is 2.13. The van der Waals surface area contributed by atoms with Crippen LogP contribution in [0, 0.1) is 17.6 Å². The maximum absolute atomic E-state index is 13.3. The summed E-state index contributed by atoms with van der Waals surface area (Å²) in [7, 11) is 0. The van der Waals surface area contributed by atoms with Crippen LogP contribution in [0.1, 0.15) is 18.4 Å². The minimum Gasteiger partial charge on any atom is -0.376 e. The van der Waals surface area contributed by atoms with Crippen LogP contribution >= 0.6 is 12.4 Å². The SMILES string of the molecule is Cl.Fc1ccc(COCC2CCCNC2)c(F)c1. The molecule has 5 heteroatoms. The Bertz CT molecular complexity index is 370. The second-order valence-corrected chi connectivity index (χ2v) is 4.46. The third-order valence-electron chi connectivity index (χ3n) is 3.03. The highest BCUT2D eigenvalue weighted by Gasteiger charge is 2.13. The van der Waals surface area contributed by atoms with Crippen molar-refractivity contribution < 1.29 is 13.5 Å². The molecule has 1 saturated heterocycles. The fourth-order valence-corrected chi connectivity index (χ4v) is 2.04. The number of hydrogen-bond donors (Lipinski definition) is 1. The lowest BCUT2D eigenvalue weighted by Gasteiger charge is -2.22. The molecule has 1 aromatic carbocycles. The maximum atomic E-state index is 13.3. The third-order valence-corrected chi connectivity index (χ3v) is 3.03. The van der Waals surface area contributed by atoms with E-state index in [-0.39, 0.29) is 19.0 Å². The largest absolute Gasteiger partial charge is 0.376 e. The molecular formula is C13H18ClF2NO. The van der Waals surface area contributed by atoms with Crippen molar-refractivity contribution >= 4 is 12.4 Å². The molecule has 0 bridgehead atoms. The molecule has 1 aliphatic rings. The molecule has 1 atom stereocenters. The van der Waals surface area contributed by atoms with E-state index in [2.05, 4.69) is 5.32 Å². The number of ether oxygens (including phenoxy) is 1. The minimum absolute atomic E-state index is 0. The topological polar surface area (TPSA) is 21.3 Å². The van der Waals surface area contributed by atoms with E-state index in [0.29, 0.717) is 18.1 Å². The van der Waals surface area contributed by atoms with E-state index in [1.165, 1.54) is 18.6 Å². The normalized spacial score (nSPS) is 19.3. The molecule has 2 nitrogen and oxygen atoms in total. The molecule has 1 fully saturated rings. The van der Waals surface area contributed by atoms with Crippen molar-refractivity contribution in [3.05, 3.63) is 35.4 Å². The second-order valence-electron chi connectivity index (χ2n) is 4.46. The molecule has 1 heterocycles. The van der Waals surface area contributed by atoms with E-state index in [1.54, 1.807) is 0 Å². The zero-order valence-corrected chi connectivity index (χ0v) is 10.9. The first-order valence-corrected chi connectivity index (χ1v) is 5.98. The van der Waals surface area contributed by atoms with Gasteiger partial charge in [0, 0.05) is 18.2 Å². The van der Waals surface area contributed by atoms with Gasteiger partial charge in [-0.15, -0.1) is 12.4 Å². The standard InChI is InChI=1S/C13H17F2NO.ClH/c14-12-4-3-11(13(15)6-12)9-17-8-10-2-1-5-16-7-10;/h3-4,6,10,16H,1-2,5,7-9H2;1H. The minimum atomic E-state index is -0.553. The average molecular weight is 278 g/mol. The lowest BCUT2D eigenvalue weighted by atomic mass is 10.0. The molecule has 0 amide bonds. The number of halogens is 3. The molecule has 1 aromatic rings. The summed E-state index contributed by atoms with van der Waals surface area (Å²) in [4.78, 5) is 0. The van der Waals surface area contributed by atoms with Crippen LogP contribution in [0.3, 0.4) is 0 Å². The summed E-state index contributed by atoms with van der Waals surface area (Å²) in [5.41, 5.74) is 0.412. The molecule has 0 spiro atoms. The molecule has 18 heavy (non-hydrogen) atoms. The summed E-state index contributed by atoms with van der Waals surface area (Å²) in [5, 5.41) is 3.30. The predicted molar refractivity (Wildman–Crippen MR) is 68.9 cm³/mol. The molecule has 0 radical (unpaired) electrons. The van der Waals surface area contributed by atoms with Crippen molar-refractivity contribution in [2.75, 3.05) is 19.7 Å². The predicted octanol–water partition coefficient (Wildman–Crippen LogP) is 2.90. The van der Waals surface area contributed by atoms with Crippen molar-refractivity contribution in [2.24, 2.45) is 5.92 Å². The maximum Gasteiger partial charge on any atom is 0.131 e. The van der Waals surface area contributed by atoms with Gasteiger partial charge in [-0.1, -0.05) is 6.07 Å². The molecular weight excluding hydrogens is 260 g/mol. The Kier molecular flexibility index (Phi) is 6.54. The van der Waals surface area contributed by atoms with Gasteiger partial charge < -0.3 is 10.1 Å². The number of rotatable bonds is 4. The number of hydrogen-bond acceptors (Lipinski definition) is 2.